The first-order valence-corrected chi connectivity index (χ1v) is 8.02. The van der Waals surface area contributed by atoms with Gasteiger partial charge in [-0.2, -0.15) is 10.1 Å². The monoisotopic (exact) mass is 406 g/mol. The maximum absolute atomic E-state index is 12.9. The van der Waals surface area contributed by atoms with E-state index in [0.29, 0.717) is 0 Å². The fourth-order valence-electron chi connectivity index (χ4n) is 2.32. The standard InChI is InChI=1S/C16H12Br2N2O/c1-11-16(18,12-5-3-2-4-6-12)15(21)20(19-11)14-9-7-13(17)8-10-14/h2-10H,1H3. The van der Waals surface area contributed by atoms with Gasteiger partial charge in [-0.05, 0) is 36.8 Å². The summed E-state index contributed by atoms with van der Waals surface area (Å²) >= 11 is 7.00. The summed E-state index contributed by atoms with van der Waals surface area (Å²) in [7, 11) is 0. The summed E-state index contributed by atoms with van der Waals surface area (Å²) in [6.07, 6.45) is 0. The minimum absolute atomic E-state index is 0.103. The number of carbonyl (C=O) groups is 1. The van der Waals surface area contributed by atoms with Crippen molar-refractivity contribution in [1.29, 1.82) is 0 Å². The minimum atomic E-state index is -0.888. The zero-order valence-corrected chi connectivity index (χ0v) is 14.4. The molecule has 0 aliphatic carbocycles. The van der Waals surface area contributed by atoms with Gasteiger partial charge in [-0.15, -0.1) is 0 Å². The van der Waals surface area contributed by atoms with Crippen LogP contribution >= 0.6 is 31.9 Å². The normalized spacial score (nSPS) is 21.6. The third-order valence-electron chi connectivity index (χ3n) is 3.48. The van der Waals surface area contributed by atoms with E-state index < -0.39 is 4.32 Å². The second kappa shape index (κ2) is 5.39. The van der Waals surface area contributed by atoms with Crippen LogP contribution in [0.2, 0.25) is 0 Å². The lowest BCUT2D eigenvalue weighted by Gasteiger charge is -2.22. The Hall–Kier alpha value is -1.46. The van der Waals surface area contributed by atoms with E-state index in [2.05, 4.69) is 37.0 Å². The molecule has 1 heterocycles. The molecule has 0 radical (unpaired) electrons. The van der Waals surface area contributed by atoms with Crippen molar-refractivity contribution in [2.24, 2.45) is 5.10 Å². The molecular weight excluding hydrogens is 396 g/mol. The van der Waals surface area contributed by atoms with Crippen LogP contribution in [0.15, 0.2) is 64.2 Å². The van der Waals surface area contributed by atoms with Gasteiger partial charge >= 0.3 is 0 Å². The van der Waals surface area contributed by atoms with Crippen molar-refractivity contribution < 1.29 is 4.79 Å². The third kappa shape index (κ3) is 2.34. The van der Waals surface area contributed by atoms with Gasteiger partial charge in [-0.1, -0.05) is 62.2 Å². The lowest BCUT2D eigenvalue weighted by atomic mass is 9.94. The van der Waals surface area contributed by atoms with Crippen LogP contribution in [0, 0.1) is 0 Å². The first kappa shape index (κ1) is 14.5. The fraction of sp³-hybridized carbons (Fsp3) is 0.125. The summed E-state index contributed by atoms with van der Waals surface area (Å²) in [6, 6.07) is 17.1. The average molecular weight is 408 g/mol. The van der Waals surface area contributed by atoms with E-state index in [1.165, 1.54) is 5.01 Å². The zero-order valence-electron chi connectivity index (χ0n) is 11.3. The van der Waals surface area contributed by atoms with Crippen LogP contribution in [0.5, 0.6) is 0 Å². The Labute approximate surface area is 139 Å². The number of hydrogen-bond acceptors (Lipinski definition) is 2. The summed E-state index contributed by atoms with van der Waals surface area (Å²) in [5, 5.41) is 5.89. The van der Waals surface area contributed by atoms with Crippen LogP contribution in [0.1, 0.15) is 12.5 Å². The Bertz CT molecular complexity index is 713. The molecule has 1 aliphatic heterocycles. The molecule has 0 spiro atoms. The second-order valence-corrected chi connectivity index (χ2v) is 6.91. The highest BCUT2D eigenvalue weighted by atomic mass is 79.9. The molecular formula is C16H12Br2N2O. The molecule has 106 valence electrons. The SMILES string of the molecule is CC1=NN(c2ccc(Br)cc2)C(=O)C1(Br)c1ccccc1. The molecule has 2 aromatic rings. The number of carbonyl (C=O) groups excluding carboxylic acids is 1. The number of nitrogens with zero attached hydrogens (tertiary/aromatic N) is 2. The predicted molar refractivity (Wildman–Crippen MR) is 91.8 cm³/mol. The summed E-state index contributed by atoms with van der Waals surface area (Å²) in [5.41, 5.74) is 2.36. The molecule has 1 amide bonds. The highest BCUT2D eigenvalue weighted by Crippen LogP contribution is 2.41. The second-order valence-electron chi connectivity index (χ2n) is 4.80. The molecule has 1 aliphatic rings. The highest BCUT2D eigenvalue weighted by Gasteiger charge is 2.49. The van der Waals surface area contributed by atoms with Gasteiger partial charge in [0.2, 0.25) is 0 Å². The third-order valence-corrected chi connectivity index (χ3v) is 5.38. The molecule has 5 heteroatoms. The number of benzene rings is 2. The number of hydrogen-bond donors (Lipinski definition) is 0. The lowest BCUT2D eigenvalue weighted by molar-refractivity contribution is -0.118. The Morgan fingerprint density at radius 3 is 2.29 bits per heavy atom. The first-order chi connectivity index (χ1) is 10.0. The molecule has 21 heavy (non-hydrogen) atoms. The van der Waals surface area contributed by atoms with Gasteiger partial charge in [0.15, 0.2) is 4.32 Å². The zero-order chi connectivity index (χ0) is 15.0. The smallest absolute Gasteiger partial charge is 0.270 e. The van der Waals surface area contributed by atoms with Gasteiger partial charge in [0.1, 0.15) is 0 Å². The molecule has 3 rings (SSSR count). The maximum atomic E-state index is 12.9. The van der Waals surface area contributed by atoms with Crippen LogP contribution in [-0.4, -0.2) is 11.6 Å². The van der Waals surface area contributed by atoms with E-state index in [1.807, 2.05) is 61.5 Å². The molecule has 3 nitrogen and oxygen atoms in total. The predicted octanol–water partition coefficient (Wildman–Crippen LogP) is 4.46. The average Bonchev–Trinajstić information content (AvgIpc) is 2.74. The lowest BCUT2D eigenvalue weighted by Crippen LogP contribution is -2.37. The number of anilines is 1. The van der Waals surface area contributed by atoms with Gasteiger partial charge in [-0.25, -0.2) is 0 Å². The van der Waals surface area contributed by atoms with Gasteiger partial charge in [-0.3, -0.25) is 4.79 Å². The van der Waals surface area contributed by atoms with Crippen LogP contribution in [0.4, 0.5) is 5.69 Å². The van der Waals surface area contributed by atoms with Gasteiger partial charge in [0.05, 0.1) is 11.4 Å². The Balaban J connectivity index is 2.03. The molecule has 1 atom stereocenters. The van der Waals surface area contributed by atoms with E-state index in [4.69, 9.17) is 0 Å². The molecule has 0 bridgehead atoms. The van der Waals surface area contributed by atoms with Crippen LogP contribution < -0.4 is 5.01 Å². The quantitative estimate of drug-likeness (QED) is 0.676. The summed E-state index contributed by atoms with van der Waals surface area (Å²) in [6.45, 7) is 1.86. The molecule has 0 N–H and O–H groups in total. The molecule has 1 unspecified atom stereocenters. The van der Waals surface area contributed by atoms with Crippen LogP contribution in [-0.2, 0) is 9.12 Å². The highest BCUT2D eigenvalue weighted by molar-refractivity contribution is 9.10. The number of amides is 1. The van der Waals surface area contributed by atoms with E-state index in [1.54, 1.807) is 0 Å². The summed E-state index contributed by atoms with van der Waals surface area (Å²) in [4.78, 5) is 12.9. The minimum Gasteiger partial charge on any atom is -0.270 e. The van der Waals surface area contributed by atoms with E-state index in [-0.39, 0.29) is 5.91 Å². The van der Waals surface area contributed by atoms with Crippen molar-refractivity contribution >= 4 is 49.2 Å². The first-order valence-electron chi connectivity index (χ1n) is 6.43. The number of halogens is 2. The number of alkyl halides is 1. The van der Waals surface area contributed by atoms with Crippen LogP contribution in [0.25, 0.3) is 0 Å². The number of hydrazone groups is 1. The maximum Gasteiger partial charge on any atom is 0.274 e. The summed E-state index contributed by atoms with van der Waals surface area (Å²) in [5.74, 6) is -0.103. The molecule has 0 saturated heterocycles. The van der Waals surface area contributed by atoms with Crippen molar-refractivity contribution in [3.63, 3.8) is 0 Å². The van der Waals surface area contributed by atoms with E-state index >= 15 is 0 Å². The van der Waals surface area contributed by atoms with Gasteiger partial charge < -0.3 is 0 Å². The van der Waals surface area contributed by atoms with Crippen molar-refractivity contribution in [3.05, 3.63) is 64.6 Å². The van der Waals surface area contributed by atoms with Crippen LogP contribution in [0.3, 0.4) is 0 Å². The van der Waals surface area contributed by atoms with Gasteiger partial charge in [0, 0.05) is 4.47 Å². The Morgan fingerprint density at radius 2 is 1.67 bits per heavy atom. The number of rotatable bonds is 2. The van der Waals surface area contributed by atoms with Crippen molar-refractivity contribution in [2.75, 3.05) is 5.01 Å². The molecule has 0 aromatic heterocycles. The molecule has 0 saturated carbocycles. The van der Waals surface area contributed by atoms with Crippen molar-refractivity contribution in [2.45, 2.75) is 11.2 Å². The van der Waals surface area contributed by atoms with Crippen molar-refractivity contribution in [1.82, 2.24) is 0 Å². The topological polar surface area (TPSA) is 32.7 Å². The molecule has 0 fully saturated rings. The Kier molecular flexibility index (Phi) is 3.71. The molecule has 2 aromatic carbocycles. The van der Waals surface area contributed by atoms with Crippen molar-refractivity contribution in [3.8, 4) is 0 Å². The summed E-state index contributed by atoms with van der Waals surface area (Å²) < 4.78 is 0.0770. The van der Waals surface area contributed by atoms with E-state index in [0.717, 1.165) is 21.4 Å². The largest absolute Gasteiger partial charge is 0.274 e. The van der Waals surface area contributed by atoms with Gasteiger partial charge in [0.25, 0.3) is 5.91 Å². The van der Waals surface area contributed by atoms with E-state index in [9.17, 15) is 4.79 Å². The Morgan fingerprint density at radius 1 is 1.05 bits per heavy atom. The fourth-order valence-corrected chi connectivity index (χ4v) is 3.10.